The van der Waals surface area contributed by atoms with E-state index in [0.717, 1.165) is 13.0 Å². The lowest BCUT2D eigenvalue weighted by Crippen LogP contribution is -2.11. The Morgan fingerprint density at radius 3 is 2.94 bits per heavy atom. The van der Waals surface area contributed by atoms with Crippen molar-refractivity contribution in [1.29, 1.82) is 0 Å². The monoisotopic (exact) mass is 249 g/mol. The SMILES string of the molecule is CCCn1nccc1C(=O)c1ccncc1Cl. The van der Waals surface area contributed by atoms with Gasteiger partial charge in [0.1, 0.15) is 5.69 Å². The van der Waals surface area contributed by atoms with Gasteiger partial charge in [-0.15, -0.1) is 0 Å². The number of aromatic nitrogens is 3. The van der Waals surface area contributed by atoms with Crippen LogP contribution < -0.4 is 0 Å². The molecule has 0 aromatic carbocycles. The molecule has 0 amide bonds. The highest BCUT2D eigenvalue weighted by atomic mass is 35.5. The van der Waals surface area contributed by atoms with Crippen LogP contribution in [0.4, 0.5) is 0 Å². The summed E-state index contributed by atoms with van der Waals surface area (Å²) >= 11 is 5.95. The first-order valence-electron chi connectivity index (χ1n) is 5.40. The smallest absolute Gasteiger partial charge is 0.212 e. The number of pyridine rings is 1. The quantitative estimate of drug-likeness (QED) is 0.783. The molecule has 5 heteroatoms. The third-order valence-corrected chi connectivity index (χ3v) is 2.70. The Morgan fingerprint density at radius 1 is 1.41 bits per heavy atom. The number of ketones is 1. The molecule has 88 valence electrons. The minimum absolute atomic E-state index is 0.122. The van der Waals surface area contributed by atoms with E-state index >= 15 is 0 Å². The molecule has 0 radical (unpaired) electrons. The number of nitrogens with zero attached hydrogens (tertiary/aromatic N) is 3. The number of aryl methyl sites for hydroxylation is 1. The van der Waals surface area contributed by atoms with Crippen LogP contribution in [-0.2, 0) is 6.54 Å². The van der Waals surface area contributed by atoms with Gasteiger partial charge in [0.2, 0.25) is 5.78 Å². The van der Waals surface area contributed by atoms with Crippen molar-refractivity contribution >= 4 is 17.4 Å². The summed E-state index contributed by atoms with van der Waals surface area (Å²) in [4.78, 5) is 16.1. The zero-order chi connectivity index (χ0) is 12.3. The predicted molar refractivity (Wildman–Crippen MR) is 65.2 cm³/mol. The van der Waals surface area contributed by atoms with Crippen LogP contribution in [0.1, 0.15) is 29.4 Å². The van der Waals surface area contributed by atoms with Crippen LogP contribution in [0, 0.1) is 0 Å². The molecule has 0 aliphatic heterocycles. The summed E-state index contributed by atoms with van der Waals surface area (Å²) in [7, 11) is 0. The number of hydrogen-bond donors (Lipinski definition) is 0. The minimum Gasteiger partial charge on any atom is -0.287 e. The molecule has 0 atom stereocenters. The largest absolute Gasteiger partial charge is 0.287 e. The maximum Gasteiger partial charge on any atom is 0.212 e. The normalized spacial score (nSPS) is 10.5. The van der Waals surface area contributed by atoms with Crippen LogP contribution in [0.5, 0.6) is 0 Å². The lowest BCUT2D eigenvalue weighted by Gasteiger charge is -2.06. The summed E-state index contributed by atoms with van der Waals surface area (Å²) in [6.45, 7) is 2.76. The molecule has 2 aromatic heterocycles. The zero-order valence-corrected chi connectivity index (χ0v) is 10.2. The second-order valence-corrected chi connectivity index (χ2v) is 4.03. The molecule has 2 heterocycles. The van der Waals surface area contributed by atoms with Gasteiger partial charge in [-0.1, -0.05) is 18.5 Å². The van der Waals surface area contributed by atoms with Crippen molar-refractivity contribution in [1.82, 2.24) is 14.8 Å². The predicted octanol–water partition coefficient (Wildman–Crippen LogP) is 2.57. The van der Waals surface area contributed by atoms with Crippen molar-refractivity contribution < 1.29 is 4.79 Å². The molecule has 0 bridgehead atoms. The van der Waals surface area contributed by atoms with E-state index in [1.54, 1.807) is 29.2 Å². The minimum atomic E-state index is -0.122. The van der Waals surface area contributed by atoms with Crippen molar-refractivity contribution in [2.24, 2.45) is 0 Å². The standard InChI is InChI=1S/C12H12ClN3O/c1-2-7-16-11(4-6-15-16)12(17)9-3-5-14-8-10(9)13/h3-6,8H,2,7H2,1H3. The Balaban J connectivity index is 2.37. The van der Waals surface area contributed by atoms with Gasteiger partial charge in [0.25, 0.3) is 0 Å². The van der Waals surface area contributed by atoms with Crippen molar-refractivity contribution in [3.63, 3.8) is 0 Å². The van der Waals surface area contributed by atoms with Gasteiger partial charge in [-0.25, -0.2) is 0 Å². The fraction of sp³-hybridized carbons (Fsp3) is 0.250. The topological polar surface area (TPSA) is 47.8 Å². The van der Waals surface area contributed by atoms with Crippen LogP contribution in [0.3, 0.4) is 0 Å². The average Bonchev–Trinajstić information content (AvgIpc) is 2.78. The molecule has 2 aromatic rings. The van der Waals surface area contributed by atoms with E-state index in [1.165, 1.54) is 6.20 Å². The van der Waals surface area contributed by atoms with Crippen LogP contribution in [-0.4, -0.2) is 20.5 Å². The summed E-state index contributed by atoms with van der Waals surface area (Å²) in [5.41, 5.74) is 1.01. The van der Waals surface area contributed by atoms with Gasteiger partial charge in [-0.2, -0.15) is 5.10 Å². The Hall–Kier alpha value is -1.68. The van der Waals surface area contributed by atoms with Crippen molar-refractivity contribution in [3.8, 4) is 0 Å². The molecule has 0 saturated heterocycles. The summed E-state index contributed by atoms with van der Waals surface area (Å²) < 4.78 is 1.69. The van der Waals surface area contributed by atoms with Gasteiger partial charge in [0.05, 0.1) is 5.02 Å². The van der Waals surface area contributed by atoms with Gasteiger partial charge in [0.15, 0.2) is 0 Å². The number of carbonyl (C=O) groups is 1. The van der Waals surface area contributed by atoms with Gasteiger partial charge in [-0.3, -0.25) is 14.5 Å². The third-order valence-electron chi connectivity index (χ3n) is 2.40. The molecule has 0 saturated carbocycles. The van der Waals surface area contributed by atoms with Crippen LogP contribution in [0.25, 0.3) is 0 Å². The highest BCUT2D eigenvalue weighted by molar-refractivity contribution is 6.34. The molecule has 0 N–H and O–H groups in total. The molecule has 0 aliphatic rings. The summed E-state index contributed by atoms with van der Waals surface area (Å²) in [5, 5.41) is 4.48. The van der Waals surface area contributed by atoms with Gasteiger partial charge in [0, 0.05) is 30.7 Å². The van der Waals surface area contributed by atoms with E-state index in [9.17, 15) is 4.79 Å². The third kappa shape index (κ3) is 2.36. The van der Waals surface area contributed by atoms with Gasteiger partial charge in [-0.05, 0) is 18.6 Å². The van der Waals surface area contributed by atoms with Crippen molar-refractivity contribution in [2.45, 2.75) is 19.9 Å². The Morgan fingerprint density at radius 2 is 2.24 bits per heavy atom. The van der Waals surface area contributed by atoms with Gasteiger partial charge < -0.3 is 0 Å². The average molecular weight is 250 g/mol. The molecular formula is C12H12ClN3O. The fourth-order valence-electron chi connectivity index (χ4n) is 1.61. The Kier molecular flexibility index (Phi) is 3.54. The van der Waals surface area contributed by atoms with E-state index in [2.05, 4.69) is 10.1 Å². The maximum absolute atomic E-state index is 12.3. The highest BCUT2D eigenvalue weighted by Gasteiger charge is 2.16. The number of carbonyl (C=O) groups excluding carboxylic acids is 1. The van der Waals surface area contributed by atoms with E-state index in [4.69, 9.17) is 11.6 Å². The van der Waals surface area contributed by atoms with E-state index in [0.29, 0.717) is 16.3 Å². The summed E-state index contributed by atoms with van der Waals surface area (Å²) in [6, 6.07) is 3.32. The van der Waals surface area contributed by atoms with Crippen molar-refractivity contribution in [3.05, 3.63) is 47.0 Å². The molecule has 0 aliphatic carbocycles. The maximum atomic E-state index is 12.3. The van der Waals surface area contributed by atoms with E-state index in [-0.39, 0.29) is 5.78 Å². The molecule has 4 nitrogen and oxygen atoms in total. The number of halogens is 1. The van der Waals surface area contributed by atoms with Gasteiger partial charge >= 0.3 is 0 Å². The molecule has 0 unspecified atom stereocenters. The van der Waals surface area contributed by atoms with Crippen LogP contribution in [0.2, 0.25) is 5.02 Å². The first kappa shape index (κ1) is 11.8. The lowest BCUT2D eigenvalue weighted by atomic mass is 10.1. The highest BCUT2D eigenvalue weighted by Crippen LogP contribution is 2.17. The number of hydrogen-bond acceptors (Lipinski definition) is 3. The second kappa shape index (κ2) is 5.10. The number of rotatable bonds is 4. The first-order valence-corrected chi connectivity index (χ1v) is 5.78. The zero-order valence-electron chi connectivity index (χ0n) is 9.43. The molecule has 2 rings (SSSR count). The fourth-order valence-corrected chi connectivity index (χ4v) is 1.82. The Labute approximate surface area is 104 Å². The first-order chi connectivity index (χ1) is 8.24. The Bertz CT molecular complexity index is 536. The second-order valence-electron chi connectivity index (χ2n) is 3.62. The van der Waals surface area contributed by atoms with Crippen LogP contribution >= 0.6 is 11.6 Å². The van der Waals surface area contributed by atoms with E-state index in [1.807, 2.05) is 6.92 Å². The molecule has 17 heavy (non-hydrogen) atoms. The van der Waals surface area contributed by atoms with Crippen LogP contribution in [0.15, 0.2) is 30.7 Å². The lowest BCUT2D eigenvalue weighted by molar-refractivity contribution is 0.102. The molecule has 0 fully saturated rings. The molecule has 0 spiro atoms. The molecular weight excluding hydrogens is 238 g/mol. The van der Waals surface area contributed by atoms with Crippen molar-refractivity contribution in [2.75, 3.05) is 0 Å². The summed E-state index contributed by atoms with van der Waals surface area (Å²) in [6.07, 6.45) is 5.57. The summed E-state index contributed by atoms with van der Waals surface area (Å²) in [5.74, 6) is -0.122. The van der Waals surface area contributed by atoms with E-state index < -0.39 is 0 Å².